The third kappa shape index (κ3) is 4.64. The molecule has 0 amide bonds. The van der Waals surface area contributed by atoms with Crippen LogP contribution in [0.25, 0.3) is 11.1 Å². The highest BCUT2D eigenvalue weighted by molar-refractivity contribution is 6.33. The molecule has 1 unspecified atom stereocenters. The lowest BCUT2D eigenvalue weighted by atomic mass is 9.82. The molecule has 0 saturated carbocycles. The van der Waals surface area contributed by atoms with Gasteiger partial charge in [0.25, 0.3) is 0 Å². The topological polar surface area (TPSA) is 81.5 Å². The summed E-state index contributed by atoms with van der Waals surface area (Å²) in [5.74, 6) is 0.885. The number of pyridine rings is 1. The number of para-hydroxylation sites is 1. The van der Waals surface area contributed by atoms with Gasteiger partial charge in [-0.3, -0.25) is 9.98 Å². The molecule has 1 N–H and O–H groups in total. The van der Waals surface area contributed by atoms with Gasteiger partial charge in [-0.25, -0.2) is 14.4 Å². The van der Waals surface area contributed by atoms with Crippen LogP contribution in [0.15, 0.2) is 84.3 Å². The summed E-state index contributed by atoms with van der Waals surface area (Å²) in [7, 11) is 3.00. The first-order valence-corrected chi connectivity index (χ1v) is 12.6. The molecule has 1 aliphatic heterocycles. The smallest absolute Gasteiger partial charge is 0.179 e. The molecular weight excluding hydrogens is 517 g/mol. The maximum Gasteiger partial charge on any atom is 0.179 e. The predicted molar refractivity (Wildman–Crippen MR) is 151 cm³/mol. The summed E-state index contributed by atoms with van der Waals surface area (Å²) in [6.07, 6.45) is 9.34. The maximum atomic E-state index is 15.3. The van der Waals surface area contributed by atoms with Crippen LogP contribution >= 0.6 is 11.6 Å². The molecule has 0 bridgehead atoms. The van der Waals surface area contributed by atoms with Gasteiger partial charge in [-0.15, -0.1) is 0 Å². The van der Waals surface area contributed by atoms with Crippen molar-refractivity contribution >= 4 is 45.7 Å². The Morgan fingerprint density at radius 2 is 1.79 bits per heavy atom. The molecule has 39 heavy (non-hydrogen) atoms. The Labute approximate surface area is 229 Å². The first-order valence-electron chi connectivity index (χ1n) is 12.3. The van der Waals surface area contributed by atoms with Gasteiger partial charge in [-0.1, -0.05) is 35.9 Å². The lowest BCUT2D eigenvalue weighted by Crippen LogP contribution is -2.19. The molecule has 6 rings (SSSR count). The Bertz CT molecular complexity index is 1670. The molecule has 0 fully saturated rings. The number of fused-ring (bicyclic) bond motifs is 3. The van der Waals surface area contributed by atoms with Crippen LogP contribution in [-0.2, 0) is 6.42 Å². The zero-order valence-corrected chi connectivity index (χ0v) is 21.9. The molecule has 0 spiro atoms. The summed E-state index contributed by atoms with van der Waals surface area (Å²) in [5, 5.41) is 3.61. The number of rotatable bonds is 7. The zero-order chi connectivity index (χ0) is 26.9. The highest BCUT2D eigenvalue weighted by Crippen LogP contribution is 2.43. The van der Waals surface area contributed by atoms with E-state index in [4.69, 9.17) is 31.1 Å². The fourth-order valence-electron chi connectivity index (χ4n) is 4.82. The summed E-state index contributed by atoms with van der Waals surface area (Å²) in [6, 6.07) is 14.8. The molecule has 9 heteroatoms. The van der Waals surface area contributed by atoms with Crippen LogP contribution in [0.1, 0.15) is 17.0 Å². The monoisotopic (exact) mass is 539 g/mol. The number of nitrogens with zero attached hydrogens (tertiary/aromatic N) is 4. The van der Waals surface area contributed by atoms with Crippen molar-refractivity contribution in [2.75, 3.05) is 19.5 Å². The normalized spacial score (nSPS) is 15.5. The van der Waals surface area contributed by atoms with Gasteiger partial charge in [0.1, 0.15) is 0 Å². The van der Waals surface area contributed by atoms with Crippen LogP contribution in [0, 0.1) is 11.7 Å². The summed E-state index contributed by atoms with van der Waals surface area (Å²) in [4.78, 5) is 18.4. The van der Waals surface area contributed by atoms with Crippen LogP contribution in [-0.4, -0.2) is 34.9 Å². The largest absolute Gasteiger partial charge is 0.494 e. The number of allylic oxidation sites excluding steroid dienone is 4. The van der Waals surface area contributed by atoms with E-state index in [0.717, 1.165) is 33.8 Å². The standard InChI is InChI=1S/C30H23ClFN5O2/c1-38-25-8-7-23(31)22(27(25)32)14-17-13-18(15-21-20-5-3-4-6-24(20)36-28(17)21)29-34-16-26(39-2)30(37-29)35-19-9-11-33-12-10-19/h3-13,15-17H,14H2,1-2H3,(H,33,34,35,37). The van der Waals surface area contributed by atoms with Crippen molar-refractivity contribution in [1.82, 2.24) is 15.0 Å². The molecule has 1 aliphatic carbocycles. The number of hydrogen-bond acceptors (Lipinski definition) is 7. The lowest BCUT2D eigenvalue weighted by molar-refractivity contribution is 0.384. The first kappa shape index (κ1) is 24.8. The first-order chi connectivity index (χ1) is 19.1. The van der Waals surface area contributed by atoms with E-state index in [0.29, 0.717) is 28.0 Å². The van der Waals surface area contributed by atoms with Gasteiger partial charge in [-0.2, -0.15) is 0 Å². The minimum absolute atomic E-state index is 0.146. The number of anilines is 2. The number of methoxy groups -OCH3 is 2. The van der Waals surface area contributed by atoms with Crippen molar-refractivity contribution in [1.29, 1.82) is 0 Å². The average molecular weight is 540 g/mol. The van der Waals surface area contributed by atoms with E-state index >= 15 is 4.39 Å². The Hall–Kier alpha value is -4.56. The van der Waals surface area contributed by atoms with Crippen LogP contribution in [0.2, 0.25) is 5.02 Å². The third-order valence-corrected chi connectivity index (χ3v) is 7.07. The summed E-state index contributed by atoms with van der Waals surface area (Å²) >= 11 is 6.47. The van der Waals surface area contributed by atoms with E-state index in [-0.39, 0.29) is 18.1 Å². The van der Waals surface area contributed by atoms with Crippen molar-refractivity contribution < 1.29 is 13.9 Å². The number of halogens is 2. The molecule has 3 heterocycles. The third-order valence-electron chi connectivity index (χ3n) is 6.71. The van der Waals surface area contributed by atoms with E-state index in [2.05, 4.69) is 15.3 Å². The van der Waals surface area contributed by atoms with Gasteiger partial charge in [0.05, 0.1) is 31.8 Å². The Morgan fingerprint density at radius 3 is 2.59 bits per heavy atom. The maximum absolute atomic E-state index is 15.3. The van der Waals surface area contributed by atoms with Crippen molar-refractivity contribution in [3.05, 3.63) is 107 Å². The van der Waals surface area contributed by atoms with Crippen molar-refractivity contribution in [3.8, 4) is 11.5 Å². The molecule has 194 valence electrons. The lowest BCUT2D eigenvalue weighted by Gasteiger charge is -2.22. The highest BCUT2D eigenvalue weighted by atomic mass is 35.5. The van der Waals surface area contributed by atoms with Gasteiger partial charge in [0.2, 0.25) is 0 Å². The molecule has 2 aliphatic rings. The van der Waals surface area contributed by atoms with Crippen LogP contribution in [0.5, 0.6) is 11.5 Å². The Morgan fingerprint density at radius 1 is 1.00 bits per heavy atom. The summed E-state index contributed by atoms with van der Waals surface area (Å²) < 4.78 is 26.0. The minimum atomic E-state index is -0.475. The van der Waals surface area contributed by atoms with E-state index < -0.39 is 5.82 Å². The second kappa shape index (κ2) is 10.3. The number of ether oxygens (including phenoxy) is 2. The van der Waals surface area contributed by atoms with Gasteiger partial charge >= 0.3 is 0 Å². The van der Waals surface area contributed by atoms with E-state index in [1.54, 1.807) is 31.8 Å². The van der Waals surface area contributed by atoms with Gasteiger partial charge in [-0.05, 0) is 42.8 Å². The van der Waals surface area contributed by atoms with Gasteiger partial charge in [0, 0.05) is 51.3 Å². The molecule has 1 atom stereocenters. The van der Waals surface area contributed by atoms with Crippen molar-refractivity contribution in [2.24, 2.45) is 10.9 Å². The van der Waals surface area contributed by atoms with E-state index in [9.17, 15) is 0 Å². The van der Waals surface area contributed by atoms with E-state index in [1.165, 1.54) is 13.2 Å². The highest BCUT2D eigenvalue weighted by Gasteiger charge is 2.32. The number of benzene rings is 2. The fourth-order valence-corrected chi connectivity index (χ4v) is 5.04. The summed E-state index contributed by atoms with van der Waals surface area (Å²) in [6.45, 7) is 0. The number of hydrogen-bond donors (Lipinski definition) is 1. The minimum Gasteiger partial charge on any atom is -0.494 e. The molecule has 0 radical (unpaired) electrons. The van der Waals surface area contributed by atoms with Crippen LogP contribution in [0.4, 0.5) is 21.6 Å². The Kier molecular flexibility index (Phi) is 6.54. The SMILES string of the molecule is COc1cnc(C2=CC(Cc3c(Cl)ccc(OC)c3F)C3=Nc4ccccc4C3=C2)nc1Nc1ccncc1. The molecule has 2 aromatic carbocycles. The molecule has 4 aromatic rings. The second-order valence-corrected chi connectivity index (χ2v) is 9.43. The second-order valence-electron chi connectivity index (χ2n) is 9.02. The zero-order valence-electron chi connectivity index (χ0n) is 21.2. The number of aliphatic imine (C=N–C) groups is 1. The molecule has 0 saturated heterocycles. The number of nitrogens with one attached hydrogen (secondary N) is 1. The van der Waals surface area contributed by atoms with Gasteiger partial charge in [0.15, 0.2) is 29.0 Å². The molecule has 7 nitrogen and oxygen atoms in total. The van der Waals surface area contributed by atoms with Crippen molar-refractivity contribution in [3.63, 3.8) is 0 Å². The number of aromatic nitrogens is 3. The van der Waals surface area contributed by atoms with Crippen molar-refractivity contribution in [2.45, 2.75) is 6.42 Å². The quantitative estimate of drug-likeness (QED) is 0.276. The average Bonchev–Trinajstić information content (AvgIpc) is 3.35. The summed E-state index contributed by atoms with van der Waals surface area (Å²) in [5.41, 5.74) is 5.63. The fraction of sp³-hybridized carbons (Fsp3) is 0.133. The van der Waals surface area contributed by atoms with Gasteiger partial charge < -0.3 is 14.8 Å². The Balaban J connectivity index is 1.45. The van der Waals surface area contributed by atoms with Crippen LogP contribution in [0.3, 0.4) is 0 Å². The van der Waals surface area contributed by atoms with Crippen LogP contribution < -0.4 is 14.8 Å². The molecule has 2 aromatic heterocycles. The molecular formula is C30H23ClFN5O2. The predicted octanol–water partition coefficient (Wildman–Crippen LogP) is 6.85. The van der Waals surface area contributed by atoms with E-state index in [1.807, 2.05) is 48.6 Å².